The molecule has 7 heteroatoms. The molecule has 0 bridgehead atoms. The Morgan fingerprint density at radius 2 is 2.10 bits per heavy atom. The second-order valence-electron chi connectivity index (χ2n) is 4.48. The zero-order valence-electron chi connectivity index (χ0n) is 11.4. The maximum atomic E-state index is 12.1. The van der Waals surface area contributed by atoms with Crippen molar-refractivity contribution in [2.24, 2.45) is 5.73 Å². The summed E-state index contributed by atoms with van der Waals surface area (Å²) in [6.07, 6.45) is 0.691. The van der Waals surface area contributed by atoms with Gasteiger partial charge in [0.05, 0.1) is 10.6 Å². The molecule has 1 aromatic rings. The first-order chi connectivity index (χ1) is 9.36. The number of sulfone groups is 1. The summed E-state index contributed by atoms with van der Waals surface area (Å²) in [6, 6.07) is 6.48. The number of benzene rings is 1. The predicted molar refractivity (Wildman–Crippen MR) is 82.1 cm³/mol. The van der Waals surface area contributed by atoms with Gasteiger partial charge in [0, 0.05) is 24.5 Å². The molecule has 0 aromatic heterocycles. The van der Waals surface area contributed by atoms with E-state index in [1.807, 2.05) is 0 Å². The van der Waals surface area contributed by atoms with Gasteiger partial charge >= 0.3 is 0 Å². The normalized spacial score (nSPS) is 11.3. The van der Waals surface area contributed by atoms with E-state index in [4.69, 9.17) is 5.73 Å². The summed E-state index contributed by atoms with van der Waals surface area (Å²) in [7, 11) is -1.78. The van der Waals surface area contributed by atoms with Crippen LogP contribution < -0.4 is 5.73 Å². The zero-order valence-corrected chi connectivity index (χ0v) is 13.8. The van der Waals surface area contributed by atoms with Crippen LogP contribution in [0.3, 0.4) is 0 Å². The third-order valence-corrected chi connectivity index (χ3v) is 5.07. The molecule has 0 aliphatic carbocycles. The van der Waals surface area contributed by atoms with Crippen LogP contribution in [-0.2, 0) is 14.6 Å². The molecule has 0 fully saturated rings. The Bertz CT molecular complexity index is 560. The molecule has 2 N–H and O–H groups in total. The summed E-state index contributed by atoms with van der Waals surface area (Å²) in [5.74, 6) is -0.369. The molecule has 1 amide bonds. The van der Waals surface area contributed by atoms with Crippen molar-refractivity contribution in [1.82, 2.24) is 4.90 Å². The Morgan fingerprint density at radius 1 is 1.40 bits per heavy atom. The minimum absolute atomic E-state index is 0.0179. The van der Waals surface area contributed by atoms with E-state index in [-0.39, 0.29) is 23.0 Å². The molecule has 1 rings (SSSR count). The lowest BCUT2D eigenvalue weighted by molar-refractivity contribution is -0.129. The molecule has 0 heterocycles. The lowest BCUT2D eigenvalue weighted by Gasteiger charge is -2.16. The molecule has 20 heavy (non-hydrogen) atoms. The van der Waals surface area contributed by atoms with Gasteiger partial charge in [-0.3, -0.25) is 4.79 Å². The van der Waals surface area contributed by atoms with Crippen LogP contribution in [0.25, 0.3) is 0 Å². The number of halogens is 1. The van der Waals surface area contributed by atoms with E-state index in [2.05, 4.69) is 15.9 Å². The van der Waals surface area contributed by atoms with Crippen LogP contribution in [0.5, 0.6) is 0 Å². The van der Waals surface area contributed by atoms with E-state index in [0.29, 0.717) is 24.0 Å². The fourth-order valence-electron chi connectivity index (χ4n) is 1.64. The molecule has 0 saturated carbocycles. The van der Waals surface area contributed by atoms with Gasteiger partial charge in [-0.1, -0.05) is 22.0 Å². The number of hydrogen-bond donors (Lipinski definition) is 1. The lowest BCUT2D eigenvalue weighted by Crippen LogP contribution is -2.30. The van der Waals surface area contributed by atoms with E-state index < -0.39 is 9.84 Å². The number of nitrogens with two attached hydrogens (primary N) is 1. The summed E-state index contributed by atoms with van der Waals surface area (Å²) in [5.41, 5.74) is 5.37. The Hall–Kier alpha value is -0.920. The standard InChI is InChI=1S/C13H19BrN2O3S/c1-16(8-3-7-15)13(17)6-9-20(18,19)12-5-2-4-11(14)10-12/h2,4-5,10H,3,6-9,15H2,1H3. The Kier molecular flexibility index (Phi) is 6.64. The van der Waals surface area contributed by atoms with Crippen molar-refractivity contribution in [3.63, 3.8) is 0 Å². The molecule has 0 atom stereocenters. The average molecular weight is 363 g/mol. The highest BCUT2D eigenvalue weighted by molar-refractivity contribution is 9.10. The number of rotatable bonds is 7. The van der Waals surface area contributed by atoms with Gasteiger partial charge < -0.3 is 10.6 Å². The molecular weight excluding hydrogens is 344 g/mol. The van der Waals surface area contributed by atoms with Gasteiger partial charge in [0.15, 0.2) is 9.84 Å². The summed E-state index contributed by atoms with van der Waals surface area (Å²) in [4.78, 5) is 13.5. The maximum Gasteiger partial charge on any atom is 0.223 e. The van der Waals surface area contributed by atoms with Gasteiger partial charge in [-0.2, -0.15) is 0 Å². The number of carbonyl (C=O) groups excluding carboxylic acids is 1. The fraction of sp³-hybridized carbons (Fsp3) is 0.462. The molecule has 5 nitrogen and oxygen atoms in total. The van der Waals surface area contributed by atoms with Crippen LogP contribution in [0, 0.1) is 0 Å². The lowest BCUT2D eigenvalue weighted by atomic mass is 10.3. The van der Waals surface area contributed by atoms with Crippen LogP contribution in [0.15, 0.2) is 33.6 Å². The van der Waals surface area contributed by atoms with Gasteiger partial charge in [-0.05, 0) is 31.2 Å². The molecule has 0 aliphatic heterocycles. The van der Waals surface area contributed by atoms with Crippen molar-refractivity contribution in [3.05, 3.63) is 28.7 Å². The monoisotopic (exact) mass is 362 g/mol. The number of nitrogens with zero attached hydrogens (tertiary/aromatic N) is 1. The maximum absolute atomic E-state index is 12.1. The van der Waals surface area contributed by atoms with E-state index in [1.54, 1.807) is 19.2 Å². The van der Waals surface area contributed by atoms with E-state index in [0.717, 1.165) is 0 Å². The van der Waals surface area contributed by atoms with Gasteiger partial charge in [0.1, 0.15) is 0 Å². The van der Waals surface area contributed by atoms with Crippen LogP contribution in [-0.4, -0.2) is 45.1 Å². The predicted octanol–water partition coefficient (Wildman–Crippen LogP) is 1.42. The highest BCUT2D eigenvalue weighted by atomic mass is 79.9. The summed E-state index contributed by atoms with van der Waals surface area (Å²) in [5, 5.41) is 0. The van der Waals surface area contributed by atoms with Crippen molar-refractivity contribution in [2.45, 2.75) is 17.7 Å². The summed E-state index contributed by atoms with van der Waals surface area (Å²) >= 11 is 3.23. The first-order valence-electron chi connectivity index (χ1n) is 6.29. The van der Waals surface area contributed by atoms with Gasteiger partial charge in [0.2, 0.25) is 5.91 Å². The SMILES string of the molecule is CN(CCCN)C(=O)CCS(=O)(=O)c1cccc(Br)c1. The highest BCUT2D eigenvalue weighted by Gasteiger charge is 2.18. The largest absolute Gasteiger partial charge is 0.346 e. The van der Waals surface area contributed by atoms with Gasteiger partial charge in [-0.15, -0.1) is 0 Å². The molecule has 0 unspecified atom stereocenters. The van der Waals surface area contributed by atoms with Crippen molar-refractivity contribution in [2.75, 3.05) is 25.9 Å². The van der Waals surface area contributed by atoms with E-state index >= 15 is 0 Å². The topological polar surface area (TPSA) is 80.5 Å². The number of hydrogen-bond acceptors (Lipinski definition) is 4. The minimum atomic E-state index is -3.43. The van der Waals surface area contributed by atoms with Crippen molar-refractivity contribution < 1.29 is 13.2 Å². The van der Waals surface area contributed by atoms with Crippen molar-refractivity contribution >= 4 is 31.7 Å². The highest BCUT2D eigenvalue weighted by Crippen LogP contribution is 2.18. The van der Waals surface area contributed by atoms with Crippen LogP contribution in [0.1, 0.15) is 12.8 Å². The Morgan fingerprint density at radius 3 is 2.70 bits per heavy atom. The van der Waals surface area contributed by atoms with E-state index in [1.165, 1.54) is 17.0 Å². The second-order valence-corrected chi connectivity index (χ2v) is 7.51. The minimum Gasteiger partial charge on any atom is -0.346 e. The fourth-order valence-corrected chi connectivity index (χ4v) is 3.47. The Balaban J connectivity index is 2.62. The van der Waals surface area contributed by atoms with Crippen LogP contribution >= 0.6 is 15.9 Å². The zero-order chi connectivity index (χ0) is 15.2. The average Bonchev–Trinajstić information content (AvgIpc) is 2.42. The summed E-state index contributed by atoms with van der Waals surface area (Å²) in [6.45, 7) is 1.06. The molecular formula is C13H19BrN2O3S. The molecule has 0 aliphatic rings. The van der Waals surface area contributed by atoms with E-state index in [9.17, 15) is 13.2 Å². The first-order valence-corrected chi connectivity index (χ1v) is 8.73. The van der Waals surface area contributed by atoms with Gasteiger partial charge in [-0.25, -0.2) is 8.42 Å². The second kappa shape index (κ2) is 7.75. The van der Waals surface area contributed by atoms with Crippen LogP contribution in [0.4, 0.5) is 0 Å². The third-order valence-electron chi connectivity index (χ3n) is 2.86. The van der Waals surface area contributed by atoms with Crippen molar-refractivity contribution in [3.8, 4) is 0 Å². The number of amides is 1. The van der Waals surface area contributed by atoms with Crippen molar-refractivity contribution in [1.29, 1.82) is 0 Å². The van der Waals surface area contributed by atoms with Gasteiger partial charge in [0.25, 0.3) is 0 Å². The molecule has 0 spiro atoms. The quantitative estimate of drug-likeness (QED) is 0.795. The molecule has 112 valence electrons. The molecule has 0 saturated heterocycles. The summed E-state index contributed by atoms with van der Waals surface area (Å²) < 4.78 is 24.9. The van der Waals surface area contributed by atoms with Crippen LogP contribution in [0.2, 0.25) is 0 Å². The third kappa shape index (κ3) is 5.22. The smallest absolute Gasteiger partial charge is 0.223 e. The molecule has 1 aromatic carbocycles. The Labute approximate surface area is 128 Å². The molecule has 0 radical (unpaired) electrons. The number of carbonyl (C=O) groups is 1. The first kappa shape index (κ1) is 17.1.